The number of aromatic nitrogens is 2. The van der Waals surface area contributed by atoms with Crippen molar-refractivity contribution >= 4 is 34.2 Å². The number of carbonyl (C=O) groups is 3. The van der Waals surface area contributed by atoms with Gasteiger partial charge in [-0.3, -0.25) is 19.5 Å². The molecule has 5 aromatic rings. The van der Waals surface area contributed by atoms with Gasteiger partial charge in [-0.25, -0.2) is 0 Å². The number of hydrogen-bond donors (Lipinski definition) is 2. The second-order valence-corrected chi connectivity index (χ2v) is 9.17. The van der Waals surface area contributed by atoms with E-state index in [1.54, 1.807) is 78.9 Å². The van der Waals surface area contributed by atoms with E-state index in [2.05, 4.69) is 15.5 Å². The van der Waals surface area contributed by atoms with E-state index in [1.807, 2.05) is 0 Å². The minimum Gasteiger partial charge on any atom is -0.489 e. The number of aromatic amines is 1. The number of nitrogens with zero attached hydrogens (tertiary/aromatic N) is 1. The third-order valence-corrected chi connectivity index (χ3v) is 6.80. The van der Waals surface area contributed by atoms with E-state index in [1.165, 1.54) is 0 Å². The van der Waals surface area contributed by atoms with Gasteiger partial charge < -0.3 is 19.5 Å². The smallest absolute Gasteiger partial charge is 0.257 e. The molecule has 2 aliphatic rings. The summed E-state index contributed by atoms with van der Waals surface area (Å²) < 4.78 is 16.7. The van der Waals surface area contributed by atoms with Crippen LogP contribution in [0.25, 0.3) is 10.9 Å². The summed E-state index contributed by atoms with van der Waals surface area (Å²) in [6.07, 6.45) is 0. The van der Waals surface area contributed by atoms with Crippen LogP contribution in [-0.4, -0.2) is 34.5 Å². The molecule has 0 unspecified atom stereocenters. The summed E-state index contributed by atoms with van der Waals surface area (Å²) >= 11 is 0. The molecule has 2 N–H and O–H groups in total. The van der Waals surface area contributed by atoms with E-state index >= 15 is 0 Å². The SMILES string of the molecule is O=C(Nc1n[nH]c2ccc(OCc3ccc4c(c3)C(=O)c3ccccc3C4=O)cc12)c1ccc2c(c1)OCO2. The summed E-state index contributed by atoms with van der Waals surface area (Å²) in [6.45, 7) is 0.305. The van der Waals surface area contributed by atoms with Gasteiger partial charge in [0, 0.05) is 33.2 Å². The van der Waals surface area contributed by atoms with Gasteiger partial charge in [0.15, 0.2) is 28.9 Å². The predicted octanol–water partition coefficient (Wildman–Crippen LogP) is 4.90. The maximum atomic E-state index is 13.0. The van der Waals surface area contributed by atoms with Gasteiger partial charge in [-0.05, 0) is 54.1 Å². The lowest BCUT2D eigenvalue weighted by atomic mass is 9.83. The molecule has 7 rings (SSSR count). The Morgan fingerprint density at radius 3 is 2.46 bits per heavy atom. The number of benzene rings is 4. The number of H-pyrrole nitrogens is 1. The summed E-state index contributed by atoms with van der Waals surface area (Å²) in [6, 6.07) is 22.3. The van der Waals surface area contributed by atoms with Crippen LogP contribution >= 0.6 is 0 Å². The highest BCUT2D eigenvalue weighted by atomic mass is 16.7. The summed E-state index contributed by atoms with van der Waals surface area (Å²) in [5.74, 6) is 1.34. The Balaban J connectivity index is 1.10. The topological polar surface area (TPSA) is 120 Å². The fraction of sp³-hybridized carbons (Fsp3) is 0.0667. The molecule has 1 aliphatic carbocycles. The maximum Gasteiger partial charge on any atom is 0.257 e. The van der Waals surface area contributed by atoms with Crippen molar-refractivity contribution in [1.29, 1.82) is 0 Å². The number of amides is 1. The van der Waals surface area contributed by atoms with E-state index in [0.29, 0.717) is 56.3 Å². The zero-order valence-electron chi connectivity index (χ0n) is 20.3. The molecule has 0 atom stereocenters. The van der Waals surface area contributed by atoms with Gasteiger partial charge in [0.25, 0.3) is 5.91 Å². The molecule has 2 heterocycles. The quantitative estimate of drug-likeness (QED) is 0.334. The van der Waals surface area contributed by atoms with Crippen molar-refractivity contribution in [1.82, 2.24) is 10.2 Å². The minimum atomic E-state index is -0.345. The van der Waals surface area contributed by atoms with Crippen LogP contribution in [-0.2, 0) is 6.61 Å². The number of ether oxygens (including phenoxy) is 3. The van der Waals surface area contributed by atoms with E-state index in [0.717, 1.165) is 11.1 Å². The van der Waals surface area contributed by atoms with Crippen LogP contribution in [0.15, 0.2) is 78.9 Å². The van der Waals surface area contributed by atoms with Crippen LogP contribution in [0, 0.1) is 0 Å². The number of ketones is 2. The summed E-state index contributed by atoms with van der Waals surface area (Å²) in [5.41, 5.74) is 3.48. The van der Waals surface area contributed by atoms with Crippen LogP contribution in [0.5, 0.6) is 17.2 Å². The third-order valence-electron chi connectivity index (χ3n) is 6.80. The van der Waals surface area contributed by atoms with Crippen molar-refractivity contribution in [3.05, 3.63) is 112 Å². The van der Waals surface area contributed by atoms with Gasteiger partial charge in [0.1, 0.15) is 12.4 Å². The minimum absolute atomic E-state index is 0.126. The molecule has 0 radical (unpaired) electrons. The Morgan fingerprint density at radius 1 is 0.846 bits per heavy atom. The number of fused-ring (bicyclic) bond motifs is 4. The largest absolute Gasteiger partial charge is 0.489 e. The Kier molecular flexibility index (Phi) is 5.15. The number of hydrogen-bond acceptors (Lipinski definition) is 7. The predicted molar refractivity (Wildman–Crippen MR) is 141 cm³/mol. The highest BCUT2D eigenvalue weighted by Gasteiger charge is 2.29. The van der Waals surface area contributed by atoms with E-state index in [4.69, 9.17) is 14.2 Å². The molecular formula is C30H19N3O6. The van der Waals surface area contributed by atoms with Crippen molar-refractivity contribution in [3.63, 3.8) is 0 Å². The fourth-order valence-corrected chi connectivity index (χ4v) is 4.80. The molecule has 9 heteroatoms. The first-order chi connectivity index (χ1) is 19.0. The first-order valence-electron chi connectivity index (χ1n) is 12.2. The lowest BCUT2D eigenvalue weighted by molar-refractivity contribution is 0.0979. The summed E-state index contributed by atoms with van der Waals surface area (Å²) in [7, 11) is 0. The lowest BCUT2D eigenvalue weighted by Gasteiger charge is -2.18. The molecular weight excluding hydrogens is 498 g/mol. The Morgan fingerprint density at radius 2 is 1.62 bits per heavy atom. The first kappa shape index (κ1) is 22.7. The van der Waals surface area contributed by atoms with Crippen molar-refractivity contribution in [2.45, 2.75) is 6.61 Å². The van der Waals surface area contributed by atoms with Gasteiger partial charge >= 0.3 is 0 Å². The number of rotatable bonds is 5. The van der Waals surface area contributed by atoms with Gasteiger partial charge in [-0.1, -0.05) is 30.3 Å². The van der Waals surface area contributed by atoms with Crippen molar-refractivity contribution in [2.24, 2.45) is 0 Å². The molecule has 0 spiro atoms. The van der Waals surface area contributed by atoms with Crippen LogP contribution in [0.4, 0.5) is 5.82 Å². The highest BCUT2D eigenvalue weighted by molar-refractivity contribution is 6.28. The molecule has 0 fully saturated rings. The van der Waals surface area contributed by atoms with Crippen molar-refractivity contribution < 1.29 is 28.6 Å². The lowest BCUT2D eigenvalue weighted by Crippen LogP contribution is -2.21. The third kappa shape index (κ3) is 3.88. The zero-order valence-corrected chi connectivity index (χ0v) is 20.3. The summed E-state index contributed by atoms with van der Waals surface area (Å²) in [5, 5.41) is 10.6. The van der Waals surface area contributed by atoms with E-state index < -0.39 is 0 Å². The molecule has 9 nitrogen and oxygen atoms in total. The molecule has 4 aromatic carbocycles. The zero-order chi connectivity index (χ0) is 26.5. The van der Waals surface area contributed by atoms with Crippen molar-refractivity contribution in [2.75, 3.05) is 12.1 Å². The molecule has 0 saturated carbocycles. The average molecular weight is 517 g/mol. The standard InChI is InChI=1S/C30H19N3O6/c34-27-19-3-1-2-4-20(19)28(35)22-11-16(5-8-21(22)27)14-37-18-7-9-24-23(13-18)29(33-32-24)31-30(36)17-6-10-25-26(12-17)39-15-38-25/h1-13H,14-15H2,(H2,31,32,33,36). The van der Waals surface area contributed by atoms with Crippen LogP contribution in [0.3, 0.4) is 0 Å². The first-order valence-corrected chi connectivity index (χ1v) is 12.2. The summed E-state index contributed by atoms with van der Waals surface area (Å²) in [4.78, 5) is 38.7. The van der Waals surface area contributed by atoms with Gasteiger partial charge in [-0.2, -0.15) is 5.10 Å². The maximum absolute atomic E-state index is 13.0. The van der Waals surface area contributed by atoms with Gasteiger partial charge in [-0.15, -0.1) is 0 Å². The molecule has 1 aliphatic heterocycles. The van der Waals surface area contributed by atoms with Crippen LogP contribution < -0.4 is 19.5 Å². The number of carbonyl (C=O) groups excluding carboxylic acids is 3. The molecule has 1 aromatic heterocycles. The fourth-order valence-electron chi connectivity index (χ4n) is 4.80. The number of anilines is 1. The average Bonchev–Trinajstić information content (AvgIpc) is 3.61. The Hall–Kier alpha value is -5.44. The molecule has 0 bridgehead atoms. The Bertz CT molecular complexity index is 1840. The van der Waals surface area contributed by atoms with Crippen LogP contribution in [0.1, 0.15) is 47.8 Å². The second kappa shape index (κ2) is 8.84. The molecule has 39 heavy (non-hydrogen) atoms. The van der Waals surface area contributed by atoms with Gasteiger partial charge in [0.2, 0.25) is 6.79 Å². The molecule has 0 saturated heterocycles. The Labute approximate surface area is 221 Å². The van der Waals surface area contributed by atoms with Crippen LogP contribution in [0.2, 0.25) is 0 Å². The monoisotopic (exact) mass is 517 g/mol. The van der Waals surface area contributed by atoms with E-state index in [-0.39, 0.29) is 30.9 Å². The second-order valence-electron chi connectivity index (χ2n) is 9.17. The van der Waals surface area contributed by atoms with E-state index in [9.17, 15) is 14.4 Å². The number of nitrogens with one attached hydrogen (secondary N) is 2. The normalized spacial score (nSPS) is 13.2. The molecule has 190 valence electrons. The molecule has 1 amide bonds. The highest BCUT2D eigenvalue weighted by Crippen LogP contribution is 2.33. The van der Waals surface area contributed by atoms with Crippen molar-refractivity contribution in [3.8, 4) is 17.2 Å². The van der Waals surface area contributed by atoms with Gasteiger partial charge in [0.05, 0.1) is 5.52 Å².